The van der Waals surface area contributed by atoms with E-state index in [0.29, 0.717) is 5.92 Å². The van der Waals surface area contributed by atoms with Crippen LogP contribution in [-0.2, 0) is 13.0 Å². The summed E-state index contributed by atoms with van der Waals surface area (Å²) in [4.78, 5) is 4.74. The van der Waals surface area contributed by atoms with Crippen LogP contribution in [0.3, 0.4) is 0 Å². The Kier molecular flexibility index (Phi) is 4.83. The number of nitrogens with two attached hydrogens (primary N) is 1. The second-order valence-corrected chi connectivity index (χ2v) is 5.57. The number of para-hydroxylation sites is 1. The van der Waals surface area contributed by atoms with Gasteiger partial charge in [-0.05, 0) is 37.4 Å². The predicted molar refractivity (Wildman–Crippen MR) is 81.6 cm³/mol. The summed E-state index contributed by atoms with van der Waals surface area (Å²) < 4.78 is 2.26. The van der Waals surface area contributed by atoms with E-state index in [-0.39, 0.29) is 0 Å². The van der Waals surface area contributed by atoms with Crippen LogP contribution in [0.5, 0.6) is 0 Å². The Morgan fingerprint density at radius 2 is 2.21 bits per heavy atom. The standard InChI is InChI=1S/C15H22ClN3/c1-3-9-19-14(8-7-11(2)10-17)18-13-6-4-5-12(16)15(13)19/h4-6,11H,3,7-10,17H2,1-2H3. The summed E-state index contributed by atoms with van der Waals surface area (Å²) in [6.07, 6.45) is 3.11. The van der Waals surface area contributed by atoms with Crippen molar-refractivity contribution in [1.82, 2.24) is 9.55 Å². The first-order chi connectivity index (χ1) is 9.17. The normalized spacial score (nSPS) is 13.1. The van der Waals surface area contributed by atoms with Gasteiger partial charge in [0.2, 0.25) is 0 Å². The van der Waals surface area contributed by atoms with Gasteiger partial charge in [0.05, 0.1) is 16.1 Å². The van der Waals surface area contributed by atoms with Gasteiger partial charge in [-0.25, -0.2) is 4.98 Å². The Hall–Kier alpha value is -1.06. The maximum absolute atomic E-state index is 6.32. The van der Waals surface area contributed by atoms with E-state index in [1.165, 1.54) is 0 Å². The topological polar surface area (TPSA) is 43.8 Å². The van der Waals surface area contributed by atoms with Crippen LogP contribution in [0.2, 0.25) is 5.02 Å². The molecule has 19 heavy (non-hydrogen) atoms. The highest BCUT2D eigenvalue weighted by Gasteiger charge is 2.13. The Morgan fingerprint density at radius 1 is 1.42 bits per heavy atom. The minimum atomic E-state index is 0.533. The van der Waals surface area contributed by atoms with Gasteiger partial charge in [-0.15, -0.1) is 0 Å². The van der Waals surface area contributed by atoms with Crippen LogP contribution < -0.4 is 5.73 Å². The number of imidazole rings is 1. The van der Waals surface area contributed by atoms with Crippen LogP contribution in [0.1, 0.15) is 32.5 Å². The van der Waals surface area contributed by atoms with Crippen molar-refractivity contribution in [2.75, 3.05) is 6.54 Å². The molecule has 4 heteroatoms. The Morgan fingerprint density at radius 3 is 2.89 bits per heavy atom. The lowest BCUT2D eigenvalue weighted by Crippen LogP contribution is -2.13. The number of fused-ring (bicyclic) bond motifs is 1. The Balaban J connectivity index is 2.36. The van der Waals surface area contributed by atoms with Crippen LogP contribution in [0.25, 0.3) is 11.0 Å². The molecular formula is C15H22ClN3. The number of nitrogens with zero attached hydrogens (tertiary/aromatic N) is 2. The van der Waals surface area contributed by atoms with Gasteiger partial charge in [0, 0.05) is 13.0 Å². The van der Waals surface area contributed by atoms with E-state index in [1.54, 1.807) is 0 Å². The zero-order valence-electron chi connectivity index (χ0n) is 11.7. The summed E-state index contributed by atoms with van der Waals surface area (Å²) in [6.45, 7) is 6.05. The molecule has 2 aromatic rings. The smallest absolute Gasteiger partial charge is 0.109 e. The average Bonchev–Trinajstić information content (AvgIpc) is 2.76. The second-order valence-electron chi connectivity index (χ2n) is 5.17. The highest BCUT2D eigenvalue weighted by Crippen LogP contribution is 2.25. The first kappa shape index (κ1) is 14.4. The number of benzene rings is 1. The fourth-order valence-corrected chi connectivity index (χ4v) is 2.61. The van der Waals surface area contributed by atoms with Crippen molar-refractivity contribution in [3.63, 3.8) is 0 Å². The third-order valence-electron chi connectivity index (χ3n) is 3.51. The quantitative estimate of drug-likeness (QED) is 0.877. The molecule has 0 aliphatic carbocycles. The lowest BCUT2D eigenvalue weighted by atomic mass is 10.1. The molecule has 0 fully saturated rings. The number of aryl methyl sites for hydroxylation is 2. The summed E-state index contributed by atoms with van der Waals surface area (Å²) in [6, 6.07) is 5.92. The van der Waals surface area contributed by atoms with E-state index in [2.05, 4.69) is 18.4 Å². The second kappa shape index (κ2) is 6.40. The van der Waals surface area contributed by atoms with Gasteiger partial charge in [-0.3, -0.25) is 0 Å². The summed E-state index contributed by atoms with van der Waals surface area (Å²) in [5.74, 6) is 1.66. The average molecular weight is 280 g/mol. The summed E-state index contributed by atoms with van der Waals surface area (Å²) in [7, 11) is 0. The molecule has 0 radical (unpaired) electrons. The van der Waals surface area contributed by atoms with Gasteiger partial charge in [-0.2, -0.15) is 0 Å². The molecule has 0 amide bonds. The monoisotopic (exact) mass is 279 g/mol. The molecule has 0 saturated carbocycles. The zero-order chi connectivity index (χ0) is 13.8. The van der Waals surface area contributed by atoms with Crippen molar-refractivity contribution in [3.05, 3.63) is 29.0 Å². The van der Waals surface area contributed by atoms with E-state index in [4.69, 9.17) is 22.3 Å². The Labute approximate surface area is 119 Å². The lowest BCUT2D eigenvalue weighted by Gasteiger charge is -2.11. The highest BCUT2D eigenvalue weighted by atomic mass is 35.5. The zero-order valence-corrected chi connectivity index (χ0v) is 12.5. The minimum absolute atomic E-state index is 0.533. The first-order valence-electron chi connectivity index (χ1n) is 7.01. The SMILES string of the molecule is CCCn1c(CCC(C)CN)nc2cccc(Cl)c21. The maximum atomic E-state index is 6.32. The van der Waals surface area contributed by atoms with Crippen molar-refractivity contribution in [1.29, 1.82) is 0 Å². The number of aromatic nitrogens is 2. The fourth-order valence-electron chi connectivity index (χ4n) is 2.34. The molecule has 1 heterocycles. The molecule has 3 nitrogen and oxygen atoms in total. The molecule has 104 valence electrons. The number of rotatable bonds is 6. The van der Waals surface area contributed by atoms with Gasteiger partial charge in [0.15, 0.2) is 0 Å². The van der Waals surface area contributed by atoms with Gasteiger partial charge >= 0.3 is 0 Å². The maximum Gasteiger partial charge on any atom is 0.109 e. The van der Waals surface area contributed by atoms with E-state index in [9.17, 15) is 0 Å². The van der Waals surface area contributed by atoms with Crippen molar-refractivity contribution in [3.8, 4) is 0 Å². The molecule has 0 aliphatic rings. The van der Waals surface area contributed by atoms with Crippen molar-refractivity contribution in [2.24, 2.45) is 11.7 Å². The van der Waals surface area contributed by atoms with Crippen molar-refractivity contribution >= 4 is 22.6 Å². The first-order valence-corrected chi connectivity index (χ1v) is 7.38. The molecule has 1 aromatic heterocycles. The summed E-state index contributed by atoms with van der Waals surface area (Å²) in [5.41, 5.74) is 7.75. The molecule has 0 bridgehead atoms. The third-order valence-corrected chi connectivity index (χ3v) is 3.81. The molecular weight excluding hydrogens is 258 g/mol. The highest BCUT2D eigenvalue weighted by molar-refractivity contribution is 6.35. The van der Waals surface area contributed by atoms with Crippen LogP contribution >= 0.6 is 11.6 Å². The summed E-state index contributed by atoms with van der Waals surface area (Å²) in [5, 5.41) is 0.788. The van der Waals surface area contributed by atoms with Crippen LogP contribution in [0.15, 0.2) is 18.2 Å². The van der Waals surface area contributed by atoms with E-state index in [1.807, 2.05) is 18.2 Å². The number of hydrogen-bond acceptors (Lipinski definition) is 2. The predicted octanol–water partition coefficient (Wildman–Crippen LogP) is 3.63. The van der Waals surface area contributed by atoms with Gasteiger partial charge in [0.25, 0.3) is 0 Å². The molecule has 0 spiro atoms. The van der Waals surface area contributed by atoms with Gasteiger partial charge in [-0.1, -0.05) is 31.5 Å². The van der Waals surface area contributed by atoms with E-state index < -0.39 is 0 Å². The molecule has 1 unspecified atom stereocenters. The minimum Gasteiger partial charge on any atom is -0.330 e. The van der Waals surface area contributed by atoms with Crippen LogP contribution in [0.4, 0.5) is 0 Å². The van der Waals surface area contributed by atoms with Crippen molar-refractivity contribution < 1.29 is 0 Å². The van der Waals surface area contributed by atoms with Gasteiger partial charge in [0.1, 0.15) is 5.82 Å². The molecule has 2 N–H and O–H groups in total. The van der Waals surface area contributed by atoms with E-state index in [0.717, 1.165) is 54.2 Å². The molecule has 2 rings (SSSR count). The molecule has 1 aromatic carbocycles. The largest absolute Gasteiger partial charge is 0.330 e. The molecule has 1 atom stereocenters. The van der Waals surface area contributed by atoms with Crippen molar-refractivity contribution in [2.45, 2.75) is 39.7 Å². The lowest BCUT2D eigenvalue weighted by molar-refractivity contribution is 0.523. The number of hydrogen-bond donors (Lipinski definition) is 1. The van der Waals surface area contributed by atoms with Gasteiger partial charge < -0.3 is 10.3 Å². The van der Waals surface area contributed by atoms with E-state index >= 15 is 0 Å². The summed E-state index contributed by atoms with van der Waals surface area (Å²) >= 11 is 6.32. The number of halogens is 1. The third kappa shape index (κ3) is 3.10. The fraction of sp³-hybridized carbons (Fsp3) is 0.533. The Bertz CT molecular complexity index is 548. The van der Waals surface area contributed by atoms with Crippen LogP contribution in [-0.4, -0.2) is 16.1 Å². The molecule has 0 saturated heterocycles. The molecule has 0 aliphatic heterocycles. The van der Waals surface area contributed by atoms with Crippen LogP contribution in [0, 0.1) is 5.92 Å².